The van der Waals surface area contributed by atoms with Crippen LogP contribution in [0.5, 0.6) is 0 Å². The summed E-state index contributed by atoms with van der Waals surface area (Å²) in [6.45, 7) is 1.52. The molecule has 4 aliphatic carbocycles. The number of benzene rings is 1. The highest BCUT2D eigenvalue weighted by molar-refractivity contribution is 7.98. The molecule has 0 spiro atoms. The van der Waals surface area contributed by atoms with Gasteiger partial charge in [-0.05, 0) is 93.6 Å². The van der Waals surface area contributed by atoms with Crippen molar-refractivity contribution in [1.29, 1.82) is 0 Å². The molecule has 5 nitrogen and oxygen atoms in total. The number of carbonyl (C=O) groups excluding carboxylic acids is 1. The summed E-state index contributed by atoms with van der Waals surface area (Å²) < 4.78 is 29.9. The Balaban J connectivity index is 1.44. The fourth-order valence-corrected chi connectivity index (χ4v) is 8.72. The Bertz CT molecular complexity index is 887. The van der Waals surface area contributed by atoms with Crippen LogP contribution in [0.25, 0.3) is 0 Å². The molecule has 29 heavy (non-hydrogen) atoms. The molecule has 1 amide bonds. The summed E-state index contributed by atoms with van der Waals surface area (Å²) in [5, 5.41) is 0. The lowest BCUT2D eigenvalue weighted by atomic mass is 9.53. The van der Waals surface area contributed by atoms with E-state index in [1.165, 1.54) is 31.0 Å². The largest absolute Gasteiger partial charge is 0.339 e. The highest BCUT2D eigenvalue weighted by Crippen LogP contribution is 2.56. The van der Waals surface area contributed by atoms with Crippen LogP contribution in [0.3, 0.4) is 0 Å². The van der Waals surface area contributed by atoms with Crippen LogP contribution in [0.1, 0.15) is 61.7 Å². The predicted molar refractivity (Wildman–Crippen MR) is 115 cm³/mol. The first-order chi connectivity index (χ1) is 13.9. The lowest BCUT2D eigenvalue weighted by Crippen LogP contribution is -2.59. The van der Waals surface area contributed by atoms with Crippen LogP contribution in [0.15, 0.2) is 28.0 Å². The summed E-state index contributed by atoms with van der Waals surface area (Å²) in [6, 6.07) is 5.06. The van der Waals surface area contributed by atoms with Crippen LogP contribution in [0, 0.1) is 17.8 Å². The average Bonchev–Trinajstić information content (AvgIpc) is 3.19. The number of carbonyl (C=O) groups is 1. The van der Waals surface area contributed by atoms with Crippen molar-refractivity contribution >= 4 is 27.7 Å². The molecule has 4 bridgehead atoms. The van der Waals surface area contributed by atoms with Gasteiger partial charge in [0, 0.05) is 23.5 Å². The van der Waals surface area contributed by atoms with Gasteiger partial charge in [0.2, 0.25) is 10.0 Å². The zero-order valence-corrected chi connectivity index (χ0v) is 18.7. The molecule has 1 aliphatic heterocycles. The molecule has 0 atom stereocenters. The number of amides is 1. The van der Waals surface area contributed by atoms with Crippen LogP contribution in [-0.2, 0) is 10.0 Å². The normalized spacial score (nSPS) is 33.4. The van der Waals surface area contributed by atoms with Gasteiger partial charge in [-0.15, -0.1) is 11.8 Å². The molecule has 1 N–H and O–H groups in total. The molecule has 6 rings (SSSR count). The first-order valence-corrected chi connectivity index (χ1v) is 13.6. The van der Waals surface area contributed by atoms with Crippen LogP contribution in [0.4, 0.5) is 0 Å². The Morgan fingerprint density at radius 2 is 1.66 bits per heavy atom. The van der Waals surface area contributed by atoms with E-state index in [0.717, 1.165) is 50.1 Å². The SMILES string of the molecule is CSc1ccc(S(=O)(=O)NC23CC4CC(CC(C4)C2)C3)cc1C(=O)N1CCCC1. The first-order valence-electron chi connectivity index (χ1n) is 10.9. The third-order valence-corrected chi connectivity index (χ3v) is 9.87. The zero-order chi connectivity index (χ0) is 20.2. The number of hydrogen-bond donors (Lipinski definition) is 1. The summed E-state index contributed by atoms with van der Waals surface area (Å²) in [5.74, 6) is 1.99. The van der Waals surface area contributed by atoms with E-state index in [9.17, 15) is 13.2 Å². The first kappa shape index (κ1) is 19.9. The Kier molecular flexibility index (Phi) is 4.99. The van der Waals surface area contributed by atoms with Gasteiger partial charge >= 0.3 is 0 Å². The average molecular weight is 435 g/mol. The lowest BCUT2D eigenvalue weighted by molar-refractivity contribution is -0.00810. The third kappa shape index (κ3) is 3.63. The van der Waals surface area contributed by atoms with E-state index >= 15 is 0 Å². The summed E-state index contributed by atoms with van der Waals surface area (Å²) in [5.41, 5.74) is 0.248. The van der Waals surface area contributed by atoms with Gasteiger partial charge in [0.1, 0.15) is 0 Å². The molecule has 7 heteroatoms. The number of likely N-dealkylation sites (tertiary alicyclic amines) is 1. The summed E-state index contributed by atoms with van der Waals surface area (Å²) in [7, 11) is -3.66. The fraction of sp³-hybridized carbons (Fsp3) is 0.682. The second kappa shape index (κ2) is 7.27. The number of nitrogens with one attached hydrogen (secondary N) is 1. The van der Waals surface area contributed by atoms with Crippen molar-refractivity contribution in [3.8, 4) is 0 Å². The minimum Gasteiger partial charge on any atom is -0.339 e. The van der Waals surface area contributed by atoms with Crippen molar-refractivity contribution in [2.24, 2.45) is 17.8 Å². The third-order valence-electron chi connectivity index (χ3n) is 7.49. The molecule has 0 aromatic heterocycles. The standard InChI is InChI=1S/C22H30N2O3S2/c1-28-20-5-4-18(11-19(20)21(25)24-6-2-3-7-24)29(26,27)23-22-12-15-8-16(13-22)10-17(9-15)14-22/h4-5,11,15-17,23H,2-3,6-10,12-14H2,1H3. The molecule has 5 fully saturated rings. The number of hydrogen-bond acceptors (Lipinski definition) is 4. The second-order valence-electron chi connectivity index (χ2n) is 9.66. The molecule has 158 valence electrons. The Morgan fingerprint density at radius 1 is 1.07 bits per heavy atom. The smallest absolute Gasteiger partial charge is 0.255 e. The van der Waals surface area contributed by atoms with Crippen molar-refractivity contribution in [3.63, 3.8) is 0 Å². The summed E-state index contributed by atoms with van der Waals surface area (Å²) >= 11 is 1.49. The van der Waals surface area contributed by atoms with Crippen molar-refractivity contribution in [3.05, 3.63) is 23.8 Å². The van der Waals surface area contributed by atoms with Crippen LogP contribution < -0.4 is 4.72 Å². The van der Waals surface area contributed by atoms with Crippen molar-refractivity contribution in [1.82, 2.24) is 9.62 Å². The Morgan fingerprint density at radius 3 is 2.21 bits per heavy atom. The lowest BCUT2D eigenvalue weighted by Gasteiger charge is -2.56. The molecule has 1 aromatic carbocycles. The van der Waals surface area contributed by atoms with Gasteiger partial charge in [-0.2, -0.15) is 0 Å². The molecule has 5 aliphatic rings. The summed E-state index contributed by atoms with van der Waals surface area (Å²) in [4.78, 5) is 15.9. The maximum absolute atomic E-state index is 13.4. The van der Waals surface area contributed by atoms with Crippen LogP contribution in [0.2, 0.25) is 0 Å². The van der Waals surface area contributed by atoms with E-state index in [-0.39, 0.29) is 16.3 Å². The van der Waals surface area contributed by atoms with Gasteiger partial charge in [0.05, 0.1) is 10.5 Å². The van der Waals surface area contributed by atoms with Crippen LogP contribution >= 0.6 is 11.8 Å². The predicted octanol–water partition coefficient (Wildman–Crippen LogP) is 3.89. The Hall–Kier alpha value is -1.05. The van der Waals surface area contributed by atoms with Crippen molar-refractivity contribution in [2.75, 3.05) is 19.3 Å². The molecule has 4 saturated carbocycles. The maximum Gasteiger partial charge on any atom is 0.255 e. The minimum absolute atomic E-state index is 0.0429. The maximum atomic E-state index is 13.4. The highest BCUT2D eigenvalue weighted by atomic mass is 32.2. The van der Waals surface area contributed by atoms with Gasteiger partial charge in [-0.1, -0.05) is 0 Å². The van der Waals surface area contributed by atoms with E-state index in [1.807, 2.05) is 11.2 Å². The van der Waals surface area contributed by atoms with E-state index in [1.54, 1.807) is 18.2 Å². The van der Waals surface area contributed by atoms with Gasteiger partial charge in [-0.25, -0.2) is 13.1 Å². The molecule has 1 heterocycles. The number of rotatable bonds is 5. The monoisotopic (exact) mass is 434 g/mol. The molecule has 0 radical (unpaired) electrons. The van der Waals surface area contributed by atoms with Crippen molar-refractivity contribution in [2.45, 2.75) is 66.7 Å². The topological polar surface area (TPSA) is 66.5 Å². The van der Waals surface area contributed by atoms with E-state index in [4.69, 9.17) is 0 Å². The highest BCUT2D eigenvalue weighted by Gasteiger charge is 2.52. The molecule has 1 aromatic rings. The van der Waals surface area contributed by atoms with E-state index < -0.39 is 10.0 Å². The zero-order valence-electron chi connectivity index (χ0n) is 17.0. The van der Waals surface area contributed by atoms with E-state index in [2.05, 4.69) is 4.72 Å². The summed E-state index contributed by atoms with van der Waals surface area (Å²) in [6.07, 6.45) is 10.7. The van der Waals surface area contributed by atoms with Gasteiger partial charge in [0.15, 0.2) is 0 Å². The van der Waals surface area contributed by atoms with Gasteiger partial charge in [-0.3, -0.25) is 4.79 Å². The fourth-order valence-electron chi connectivity index (χ4n) is 6.69. The molecular weight excluding hydrogens is 404 g/mol. The minimum atomic E-state index is -3.66. The van der Waals surface area contributed by atoms with E-state index in [0.29, 0.717) is 23.3 Å². The molecule has 0 unspecified atom stereocenters. The van der Waals surface area contributed by atoms with Gasteiger partial charge in [0.25, 0.3) is 5.91 Å². The van der Waals surface area contributed by atoms with Crippen LogP contribution in [-0.4, -0.2) is 44.1 Å². The number of thioether (sulfide) groups is 1. The second-order valence-corrected chi connectivity index (χ2v) is 12.2. The van der Waals surface area contributed by atoms with Crippen molar-refractivity contribution < 1.29 is 13.2 Å². The quantitative estimate of drug-likeness (QED) is 0.714. The Labute approximate surface area is 178 Å². The number of nitrogens with zero attached hydrogens (tertiary/aromatic N) is 1. The molecular formula is C22H30N2O3S2. The number of sulfonamides is 1. The van der Waals surface area contributed by atoms with Gasteiger partial charge < -0.3 is 4.90 Å². The molecule has 1 saturated heterocycles.